The third-order valence-corrected chi connectivity index (χ3v) is 4.76. The average molecular weight is 416 g/mol. The molecule has 0 bridgehead atoms. The zero-order chi connectivity index (χ0) is 18.3. The Kier molecular flexibility index (Phi) is 4.98. The van der Waals surface area contributed by atoms with Gasteiger partial charge < -0.3 is 5.32 Å². The standard InChI is InChI=1S/C17H10Cl4N2O2/c1-8-6-9(18)3-5-12(8)22-15-14(21)16(24)23(17(15)25)13-7-10(19)2-4-11(13)20/h2-7,22H,1H3. The van der Waals surface area contributed by atoms with Crippen molar-refractivity contribution < 1.29 is 9.59 Å². The quantitative estimate of drug-likeness (QED) is 0.683. The van der Waals surface area contributed by atoms with Crippen molar-refractivity contribution in [2.45, 2.75) is 6.92 Å². The lowest BCUT2D eigenvalue weighted by atomic mass is 10.2. The van der Waals surface area contributed by atoms with Gasteiger partial charge in [-0.2, -0.15) is 0 Å². The van der Waals surface area contributed by atoms with Crippen LogP contribution in [0.25, 0.3) is 0 Å². The van der Waals surface area contributed by atoms with Crippen molar-refractivity contribution in [2.24, 2.45) is 0 Å². The topological polar surface area (TPSA) is 49.4 Å². The Morgan fingerprint density at radius 3 is 2.20 bits per heavy atom. The number of carbonyl (C=O) groups is 2. The molecule has 0 radical (unpaired) electrons. The molecule has 0 aliphatic carbocycles. The molecule has 0 aromatic heterocycles. The number of rotatable bonds is 3. The smallest absolute Gasteiger partial charge is 0.283 e. The molecule has 1 heterocycles. The van der Waals surface area contributed by atoms with E-state index in [1.807, 2.05) is 6.92 Å². The summed E-state index contributed by atoms with van der Waals surface area (Å²) in [5.41, 5.74) is 1.54. The van der Waals surface area contributed by atoms with Gasteiger partial charge in [-0.25, -0.2) is 4.90 Å². The molecular weight excluding hydrogens is 406 g/mol. The number of hydrogen-bond acceptors (Lipinski definition) is 3. The van der Waals surface area contributed by atoms with E-state index >= 15 is 0 Å². The third kappa shape index (κ3) is 3.35. The van der Waals surface area contributed by atoms with Crippen LogP contribution in [-0.4, -0.2) is 11.8 Å². The Morgan fingerprint density at radius 1 is 0.880 bits per heavy atom. The summed E-state index contributed by atoms with van der Waals surface area (Å²) in [6.45, 7) is 1.82. The van der Waals surface area contributed by atoms with Gasteiger partial charge in [-0.3, -0.25) is 9.59 Å². The monoisotopic (exact) mass is 414 g/mol. The van der Waals surface area contributed by atoms with Gasteiger partial charge in [0.05, 0.1) is 10.7 Å². The number of amides is 2. The molecule has 25 heavy (non-hydrogen) atoms. The summed E-state index contributed by atoms with van der Waals surface area (Å²) in [5.74, 6) is -1.29. The van der Waals surface area contributed by atoms with E-state index in [9.17, 15) is 9.59 Å². The zero-order valence-corrected chi connectivity index (χ0v) is 15.8. The summed E-state index contributed by atoms with van der Waals surface area (Å²) in [6.07, 6.45) is 0. The predicted molar refractivity (Wildman–Crippen MR) is 102 cm³/mol. The molecular formula is C17H10Cl4N2O2. The Labute approximate surface area is 163 Å². The van der Waals surface area contributed by atoms with Gasteiger partial charge in [0.1, 0.15) is 10.7 Å². The highest BCUT2D eigenvalue weighted by Crippen LogP contribution is 2.36. The fourth-order valence-electron chi connectivity index (χ4n) is 2.39. The van der Waals surface area contributed by atoms with Crippen molar-refractivity contribution in [3.63, 3.8) is 0 Å². The SMILES string of the molecule is Cc1cc(Cl)ccc1NC1=C(Cl)C(=O)N(c2cc(Cl)ccc2Cl)C1=O. The molecule has 0 spiro atoms. The zero-order valence-electron chi connectivity index (χ0n) is 12.7. The van der Waals surface area contributed by atoms with Crippen LogP contribution in [0.4, 0.5) is 11.4 Å². The highest BCUT2D eigenvalue weighted by atomic mass is 35.5. The molecule has 3 rings (SSSR count). The molecule has 0 atom stereocenters. The maximum atomic E-state index is 12.7. The molecule has 2 aromatic carbocycles. The molecule has 1 N–H and O–H groups in total. The first-order valence-electron chi connectivity index (χ1n) is 7.06. The van der Waals surface area contributed by atoms with Gasteiger partial charge in [-0.1, -0.05) is 46.4 Å². The van der Waals surface area contributed by atoms with Crippen molar-refractivity contribution in [3.05, 3.63) is 67.8 Å². The molecule has 0 fully saturated rings. The lowest BCUT2D eigenvalue weighted by Gasteiger charge is -2.17. The van der Waals surface area contributed by atoms with Crippen molar-refractivity contribution in [1.82, 2.24) is 0 Å². The van der Waals surface area contributed by atoms with E-state index in [1.165, 1.54) is 12.1 Å². The summed E-state index contributed by atoms with van der Waals surface area (Å²) in [7, 11) is 0. The second kappa shape index (κ2) is 6.89. The first-order valence-corrected chi connectivity index (χ1v) is 8.57. The number of nitrogens with zero attached hydrogens (tertiary/aromatic N) is 1. The minimum atomic E-state index is -0.676. The van der Waals surface area contributed by atoms with E-state index in [-0.39, 0.29) is 21.4 Å². The van der Waals surface area contributed by atoms with E-state index in [0.717, 1.165) is 10.5 Å². The second-order valence-corrected chi connectivity index (χ2v) is 6.97. The Bertz CT molecular complexity index is 940. The molecule has 128 valence electrons. The molecule has 2 amide bonds. The van der Waals surface area contributed by atoms with Crippen LogP contribution in [0.2, 0.25) is 15.1 Å². The molecule has 0 saturated carbocycles. The number of anilines is 2. The fourth-order valence-corrected chi connectivity index (χ4v) is 3.20. The first-order chi connectivity index (χ1) is 11.8. The van der Waals surface area contributed by atoms with Gasteiger partial charge in [0.25, 0.3) is 11.8 Å². The predicted octanol–water partition coefficient (Wildman–Crippen LogP) is 5.39. The van der Waals surface area contributed by atoms with Crippen LogP contribution in [0.15, 0.2) is 47.1 Å². The summed E-state index contributed by atoms with van der Waals surface area (Å²) in [5, 5.41) is 3.78. The highest BCUT2D eigenvalue weighted by molar-refractivity contribution is 6.54. The van der Waals surface area contributed by atoms with Gasteiger partial charge in [0.2, 0.25) is 0 Å². The third-order valence-electron chi connectivity index (χ3n) is 3.62. The average Bonchev–Trinajstić information content (AvgIpc) is 2.76. The normalized spacial score (nSPS) is 14.5. The Balaban J connectivity index is 1.98. The van der Waals surface area contributed by atoms with Gasteiger partial charge in [-0.15, -0.1) is 0 Å². The first kappa shape index (κ1) is 18.1. The van der Waals surface area contributed by atoms with Gasteiger partial charge in [0.15, 0.2) is 0 Å². The summed E-state index contributed by atoms with van der Waals surface area (Å²) in [6, 6.07) is 9.58. The van der Waals surface area contributed by atoms with Crippen LogP contribution >= 0.6 is 46.4 Å². The van der Waals surface area contributed by atoms with Crippen LogP contribution in [0, 0.1) is 6.92 Å². The van der Waals surface area contributed by atoms with E-state index in [2.05, 4.69) is 5.32 Å². The molecule has 8 heteroatoms. The highest BCUT2D eigenvalue weighted by Gasteiger charge is 2.40. The number of nitrogens with one attached hydrogen (secondary N) is 1. The van der Waals surface area contributed by atoms with Crippen LogP contribution in [0.5, 0.6) is 0 Å². The number of hydrogen-bond donors (Lipinski definition) is 1. The number of halogens is 4. The number of aryl methyl sites for hydroxylation is 1. The van der Waals surface area contributed by atoms with Crippen LogP contribution in [0.3, 0.4) is 0 Å². The second-order valence-electron chi connectivity index (χ2n) is 5.31. The molecule has 0 unspecified atom stereocenters. The molecule has 4 nitrogen and oxygen atoms in total. The van der Waals surface area contributed by atoms with E-state index < -0.39 is 11.8 Å². The van der Waals surface area contributed by atoms with Crippen molar-refractivity contribution in [2.75, 3.05) is 10.2 Å². The maximum absolute atomic E-state index is 12.7. The minimum Gasteiger partial charge on any atom is -0.349 e. The Morgan fingerprint density at radius 2 is 1.52 bits per heavy atom. The molecule has 2 aromatic rings. The van der Waals surface area contributed by atoms with Crippen molar-refractivity contribution in [3.8, 4) is 0 Å². The fraction of sp³-hybridized carbons (Fsp3) is 0.0588. The summed E-state index contributed by atoms with van der Waals surface area (Å²) >= 11 is 24.1. The summed E-state index contributed by atoms with van der Waals surface area (Å²) < 4.78 is 0. The molecule has 1 aliphatic heterocycles. The Hall–Kier alpha value is -1.72. The van der Waals surface area contributed by atoms with Crippen molar-refractivity contribution in [1.29, 1.82) is 0 Å². The van der Waals surface area contributed by atoms with Crippen molar-refractivity contribution >= 4 is 69.6 Å². The largest absolute Gasteiger partial charge is 0.349 e. The summed E-state index contributed by atoms with van der Waals surface area (Å²) in [4.78, 5) is 26.1. The molecule has 1 aliphatic rings. The van der Waals surface area contributed by atoms with Gasteiger partial charge in [0, 0.05) is 15.7 Å². The minimum absolute atomic E-state index is 0.0341. The maximum Gasteiger partial charge on any atom is 0.283 e. The van der Waals surface area contributed by atoms with Crippen LogP contribution in [0.1, 0.15) is 5.56 Å². The lowest BCUT2D eigenvalue weighted by molar-refractivity contribution is -0.120. The van der Waals surface area contributed by atoms with Crippen LogP contribution in [-0.2, 0) is 9.59 Å². The number of imide groups is 1. The van der Waals surface area contributed by atoms with E-state index in [4.69, 9.17) is 46.4 Å². The number of carbonyl (C=O) groups excluding carboxylic acids is 2. The van der Waals surface area contributed by atoms with E-state index in [1.54, 1.807) is 24.3 Å². The number of benzene rings is 2. The lowest BCUT2D eigenvalue weighted by Crippen LogP contribution is -2.32. The molecule has 0 saturated heterocycles. The van der Waals surface area contributed by atoms with Gasteiger partial charge >= 0.3 is 0 Å². The van der Waals surface area contributed by atoms with Gasteiger partial charge in [-0.05, 0) is 48.9 Å². The van der Waals surface area contributed by atoms with Crippen LogP contribution < -0.4 is 10.2 Å². The van der Waals surface area contributed by atoms with E-state index in [0.29, 0.717) is 15.7 Å².